The van der Waals surface area contributed by atoms with Crippen molar-refractivity contribution in [3.63, 3.8) is 0 Å². The molecule has 4 heterocycles. The Bertz CT molecular complexity index is 1020. The second-order valence-corrected chi connectivity index (χ2v) is 9.26. The molecule has 162 valence electrons. The maximum absolute atomic E-state index is 13.6. The fourth-order valence-corrected chi connectivity index (χ4v) is 5.74. The molecule has 1 saturated carbocycles. The number of carbonyl (C=O) groups is 1. The van der Waals surface area contributed by atoms with Gasteiger partial charge in [0, 0.05) is 49.2 Å². The summed E-state index contributed by atoms with van der Waals surface area (Å²) in [5, 5.41) is 6.10. The molecule has 2 fully saturated rings. The maximum atomic E-state index is 13.6. The van der Waals surface area contributed by atoms with Gasteiger partial charge in [-0.05, 0) is 36.4 Å². The fourth-order valence-electron chi connectivity index (χ4n) is 4.76. The first-order valence-corrected chi connectivity index (χ1v) is 11.9. The van der Waals surface area contributed by atoms with Crippen molar-refractivity contribution in [2.45, 2.75) is 44.4 Å². The van der Waals surface area contributed by atoms with Gasteiger partial charge in [0.25, 0.3) is 0 Å². The van der Waals surface area contributed by atoms with E-state index in [4.69, 9.17) is 4.52 Å². The minimum Gasteiger partial charge on any atom is -0.353 e. The number of nitrogens with zero attached hydrogens (tertiary/aromatic N) is 5. The molecule has 2 aliphatic rings. The predicted octanol–water partition coefficient (Wildman–Crippen LogP) is 3.92. The number of aromatic nitrogens is 3. The Morgan fingerprint density at radius 1 is 1.16 bits per heavy atom. The lowest BCUT2D eigenvalue weighted by Crippen LogP contribution is -2.54. The highest BCUT2D eigenvalue weighted by Crippen LogP contribution is 2.44. The van der Waals surface area contributed by atoms with Gasteiger partial charge in [0.1, 0.15) is 5.82 Å². The zero-order valence-electron chi connectivity index (χ0n) is 17.8. The molecule has 0 radical (unpaired) electrons. The van der Waals surface area contributed by atoms with Gasteiger partial charge in [0.15, 0.2) is 0 Å². The molecule has 5 rings (SSSR count). The van der Waals surface area contributed by atoms with Crippen LogP contribution in [0.5, 0.6) is 0 Å². The van der Waals surface area contributed by atoms with Gasteiger partial charge in [0.2, 0.25) is 17.6 Å². The van der Waals surface area contributed by atoms with Crippen LogP contribution in [0.2, 0.25) is 0 Å². The number of rotatable bonds is 5. The van der Waals surface area contributed by atoms with E-state index in [0.29, 0.717) is 17.6 Å². The van der Waals surface area contributed by atoms with Crippen molar-refractivity contribution in [3.05, 3.63) is 46.6 Å². The summed E-state index contributed by atoms with van der Waals surface area (Å²) in [7, 11) is 0. The SMILES string of the molecule is CCc1nc(-c2ccc(N3CCN(C(=O)C4(c5cccs5)CCCC4)CC3)nc2)no1. The zero-order valence-corrected chi connectivity index (χ0v) is 18.6. The van der Waals surface area contributed by atoms with Crippen LogP contribution in [0, 0.1) is 0 Å². The summed E-state index contributed by atoms with van der Waals surface area (Å²) < 4.78 is 5.19. The molecule has 1 aliphatic heterocycles. The Labute approximate surface area is 186 Å². The van der Waals surface area contributed by atoms with Gasteiger partial charge < -0.3 is 14.3 Å². The summed E-state index contributed by atoms with van der Waals surface area (Å²) in [5.74, 6) is 2.44. The van der Waals surface area contributed by atoms with E-state index in [1.807, 2.05) is 19.1 Å². The Morgan fingerprint density at radius 2 is 1.97 bits per heavy atom. The van der Waals surface area contributed by atoms with E-state index in [2.05, 4.69) is 42.4 Å². The molecule has 3 aromatic heterocycles. The summed E-state index contributed by atoms with van der Waals surface area (Å²) in [4.78, 5) is 28.1. The quantitative estimate of drug-likeness (QED) is 0.602. The topological polar surface area (TPSA) is 75.4 Å². The molecule has 8 heteroatoms. The van der Waals surface area contributed by atoms with Gasteiger partial charge in [-0.15, -0.1) is 11.3 Å². The molecule has 0 bridgehead atoms. The number of anilines is 1. The zero-order chi connectivity index (χ0) is 21.3. The number of thiophene rings is 1. The van der Waals surface area contributed by atoms with Crippen LogP contribution in [0.3, 0.4) is 0 Å². The first-order chi connectivity index (χ1) is 15.2. The van der Waals surface area contributed by atoms with Crippen LogP contribution in [0.25, 0.3) is 11.4 Å². The molecule has 0 atom stereocenters. The molecule has 0 unspecified atom stereocenters. The standard InChI is InChI=1S/C23H27N5O2S/c1-2-20-25-21(26-30-20)17-7-8-19(24-16-17)27-11-13-28(14-12-27)22(29)23(9-3-4-10-23)18-6-5-15-31-18/h5-8,15-16H,2-4,9-14H2,1H3. The highest BCUT2D eigenvalue weighted by Gasteiger charge is 2.46. The number of hydrogen-bond donors (Lipinski definition) is 0. The van der Waals surface area contributed by atoms with Gasteiger partial charge >= 0.3 is 0 Å². The number of aryl methyl sites for hydroxylation is 1. The molecule has 0 spiro atoms. The van der Waals surface area contributed by atoms with Gasteiger partial charge in [-0.25, -0.2) is 4.98 Å². The van der Waals surface area contributed by atoms with Gasteiger partial charge in [-0.2, -0.15) is 4.98 Å². The number of amides is 1. The predicted molar refractivity (Wildman–Crippen MR) is 120 cm³/mol. The molecular formula is C23H27N5O2S. The van der Waals surface area contributed by atoms with E-state index >= 15 is 0 Å². The van der Waals surface area contributed by atoms with Crippen molar-refractivity contribution >= 4 is 23.1 Å². The molecule has 1 amide bonds. The van der Waals surface area contributed by atoms with Crippen molar-refractivity contribution in [3.8, 4) is 11.4 Å². The van der Waals surface area contributed by atoms with E-state index < -0.39 is 0 Å². The van der Waals surface area contributed by atoms with Crippen molar-refractivity contribution in [1.82, 2.24) is 20.0 Å². The van der Waals surface area contributed by atoms with Crippen LogP contribution in [-0.2, 0) is 16.6 Å². The van der Waals surface area contributed by atoms with E-state index in [9.17, 15) is 4.79 Å². The normalized spacial score (nSPS) is 18.5. The third kappa shape index (κ3) is 3.73. The molecule has 1 saturated heterocycles. The Kier molecular flexibility index (Phi) is 5.48. The minimum absolute atomic E-state index is 0.293. The molecule has 31 heavy (non-hydrogen) atoms. The summed E-state index contributed by atoms with van der Waals surface area (Å²) in [5.41, 5.74) is 0.554. The summed E-state index contributed by atoms with van der Waals surface area (Å²) in [6.45, 7) is 5.04. The Morgan fingerprint density at radius 3 is 2.58 bits per heavy atom. The van der Waals surface area contributed by atoms with Crippen LogP contribution in [0.15, 0.2) is 40.4 Å². The van der Waals surface area contributed by atoms with Crippen LogP contribution >= 0.6 is 11.3 Å². The molecular weight excluding hydrogens is 410 g/mol. The van der Waals surface area contributed by atoms with Gasteiger partial charge in [-0.3, -0.25) is 4.79 Å². The lowest BCUT2D eigenvalue weighted by atomic mass is 9.82. The summed E-state index contributed by atoms with van der Waals surface area (Å²) >= 11 is 1.73. The minimum atomic E-state index is -0.293. The number of pyridine rings is 1. The first kappa shape index (κ1) is 20.2. The largest absolute Gasteiger partial charge is 0.353 e. The van der Waals surface area contributed by atoms with Crippen molar-refractivity contribution in [2.75, 3.05) is 31.1 Å². The van der Waals surface area contributed by atoms with E-state index in [1.54, 1.807) is 17.5 Å². The second-order valence-electron chi connectivity index (χ2n) is 8.32. The molecule has 1 aliphatic carbocycles. The smallest absolute Gasteiger partial charge is 0.234 e. The Hall–Kier alpha value is -2.74. The number of carbonyl (C=O) groups excluding carboxylic acids is 1. The van der Waals surface area contributed by atoms with Crippen LogP contribution in [0.4, 0.5) is 5.82 Å². The molecule has 0 aromatic carbocycles. The van der Waals surface area contributed by atoms with Crippen molar-refractivity contribution < 1.29 is 9.32 Å². The third-order valence-corrected chi connectivity index (χ3v) is 7.60. The molecule has 0 N–H and O–H groups in total. The number of hydrogen-bond acceptors (Lipinski definition) is 7. The summed E-state index contributed by atoms with van der Waals surface area (Å²) in [6.07, 6.45) is 6.74. The third-order valence-electron chi connectivity index (χ3n) is 6.53. The van der Waals surface area contributed by atoms with E-state index in [0.717, 1.165) is 69.7 Å². The molecule has 7 nitrogen and oxygen atoms in total. The lowest BCUT2D eigenvalue weighted by Gasteiger charge is -2.40. The lowest BCUT2D eigenvalue weighted by molar-refractivity contribution is -0.137. The first-order valence-electron chi connectivity index (χ1n) is 11.1. The van der Waals surface area contributed by atoms with E-state index in [1.165, 1.54) is 4.88 Å². The maximum Gasteiger partial charge on any atom is 0.234 e. The average Bonchev–Trinajstić information content (AvgIpc) is 3.60. The summed E-state index contributed by atoms with van der Waals surface area (Å²) in [6, 6.07) is 8.19. The van der Waals surface area contributed by atoms with Gasteiger partial charge in [0.05, 0.1) is 5.41 Å². The van der Waals surface area contributed by atoms with Gasteiger partial charge in [-0.1, -0.05) is 31.0 Å². The number of piperazine rings is 1. The monoisotopic (exact) mass is 437 g/mol. The molecule has 3 aromatic rings. The van der Waals surface area contributed by atoms with Crippen LogP contribution < -0.4 is 4.90 Å². The second kappa shape index (κ2) is 8.42. The van der Waals surface area contributed by atoms with Crippen LogP contribution in [0.1, 0.15) is 43.4 Å². The van der Waals surface area contributed by atoms with Crippen molar-refractivity contribution in [1.29, 1.82) is 0 Å². The van der Waals surface area contributed by atoms with Crippen molar-refractivity contribution in [2.24, 2.45) is 0 Å². The fraction of sp³-hybridized carbons (Fsp3) is 0.478. The average molecular weight is 438 g/mol. The highest BCUT2D eigenvalue weighted by atomic mass is 32.1. The highest BCUT2D eigenvalue weighted by molar-refractivity contribution is 7.10. The Balaban J connectivity index is 1.24. The van der Waals surface area contributed by atoms with E-state index in [-0.39, 0.29) is 5.41 Å². The van der Waals surface area contributed by atoms with Crippen LogP contribution in [-0.4, -0.2) is 52.1 Å².